The summed E-state index contributed by atoms with van der Waals surface area (Å²) in [5.41, 5.74) is 6.08. The van der Waals surface area contributed by atoms with Crippen LogP contribution in [0.2, 0.25) is 4.34 Å². The number of ether oxygens (including phenoxy) is 1. The van der Waals surface area contributed by atoms with Crippen molar-refractivity contribution in [3.63, 3.8) is 0 Å². The molecule has 0 fully saturated rings. The molecule has 1 heterocycles. The van der Waals surface area contributed by atoms with Gasteiger partial charge in [0, 0.05) is 12.0 Å². The smallest absolute Gasteiger partial charge is 0.240 e. The van der Waals surface area contributed by atoms with Crippen LogP contribution in [0.3, 0.4) is 0 Å². The minimum absolute atomic E-state index is 0.0173. The summed E-state index contributed by atoms with van der Waals surface area (Å²) in [7, 11) is 0. The molecule has 1 N–H and O–H groups in total. The number of carbonyl (C=O) groups is 1. The number of thiophene rings is 1. The highest BCUT2D eigenvalue weighted by Crippen LogP contribution is 2.38. The van der Waals surface area contributed by atoms with Gasteiger partial charge in [0.15, 0.2) is 0 Å². The van der Waals surface area contributed by atoms with Crippen LogP contribution in [0.5, 0.6) is 5.75 Å². The van der Waals surface area contributed by atoms with E-state index in [0.717, 1.165) is 29.2 Å². The van der Waals surface area contributed by atoms with Gasteiger partial charge in [-0.2, -0.15) is 5.10 Å². The molecule has 176 valence electrons. The molecule has 1 amide bonds. The highest BCUT2D eigenvalue weighted by molar-refractivity contribution is 7.18. The maximum absolute atomic E-state index is 12.2. The van der Waals surface area contributed by atoms with Gasteiger partial charge in [0.1, 0.15) is 5.75 Å². The summed E-state index contributed by atoms with van der Waals surface area (Å²) in [6, 6.07) is 10.3. The molecule has 32 heavy (non-hydrogen) atoms. The van der Waals surface area contributed by atoms with E-state index in [4.69, 9.17) is 16.3 Å². The van der Waals surface area contributed by atoms with E-state index in [-0.39, 0.29) is 16.7 Å². The summed E-state index contributed by atoms with van der Waals surface area (Å²) < 4.78 is 6.85. The van der Waals surface area contributed by atoms with Crippen LogP contribution >= 0.6 is 22.9 Å². The Bertz CT molecular complexity index is 947. The van der Waals surface area contributed by atoms with E-state index in [2.05, 4.69) is 70.3 Å². The van der Waals surface area contributed by atoms with Crippen LogP contribution in [0, 0.1) is 0 Å². The fourth-order valence-electron chi connectivity index (χ4n) is 3.18. The molecule has 6 heteroatoms. The number of amides is 1. The van der Waals surface area contributed by atoms with Gasteiger partial charge < -0.3 is 4.74 Å². The third-order valence-corrected chi connectivity index (χ3v) is 7.68. The van der Waals surface area contributed by atoms with Gasteiger partial charge in [-0.15, -0.1) is 11.3 Å². The van der Waals surface area contributed by atoms with Crippen molar-refractivity contribution < 1.29 is 9.53 Å². The molecule has 0 radical (unpaired) electrons. The van der Waals surface area contributed by atoms with Crippen LogP contribution < -0.4 is 10.2 Å². The average Bonchev–Trinajstić information content (AvgIpc) is 3.21. The van der Waals surface area contributed by atoms with E-state index >= 15 is 0 Å². The number of hydrazone groups is 1. The topological polar surface area (TPSA) is 50.7 Å². The van der Waals surface area contributed by atoms with Crippen LogP contribution in [0.25, 0.3) is 0 Å². The average molecular weight is 477 g/mol. The Kier molecular flexibility index (Phi) is 9.35. The standard InChI is InChI=1S/C26H37ClN2O2S/c1-8-25(4,5)19-12-13-21(20(17-19)26(6,7)9-2)31-16-10-11-24(30)29-28-18(3)22-14-15-23(27)32-22/h12-15,17H,8-11,16H2,1-7H3,(H,29,30)/b28-18-. The van der Waals surface area contributed by atoms with Gasteiger partial charge in [-0.05, 0) is 60.8 Å². The van der Waals surface area contributed by atoms with Crippen LogP contribution in [0.4, 0.5) is 0 Å². The summed E-state index contributed by atoms with van der Waals surface area (Å²) >= 11 is 7.39. The molecule has 0 saturated carbocycles. The number of hydrogen-bond donors (Lipinski definition) is 1. The molecular formula is C26H37ClN2O2S. The van der Waals surface area contributed by atoms with Gasteiger partial charge >= 0.3 is 0 Å². The number of halogens is 1. The monoisotopic (exact) mass is 476 g/mol. The Morgan fingerprint density at radius 2 is 1.78 bits per heavy atom. The third kappa shape index (κ3) is 7.08. The normalized spacial score (nSPS) is 12.7. The lowest BCUT2D eigenvalue weighted by molar-refractivity contribution is -0.121. The van der Waals surface area contributed by atoms with Crippen molar-refractivity contribution in [2.24, 2.45) is 5.10 Å². The van der Waals surface area contributed by atoms with E-state index < -0.39 is 0 Å². The lowest BCUT2D eigenvalue weighted by atomic mass is 9.76. The first-order valence-corrected chi connectivity index (χ1v) is 12.6. The van der Waals surface area contributed by atoms with Gasteiger partial charge in [0.25, 0.3) is 0 Å². The van der Waals surface area contributed by atoms with E-state index in [0.29, 0.717) is 23.8 Å². The Morgan fingerprint density at radius 1 is 1.09 bits per heavy atom. The molecule has 2 rings (SSSR count). The number of hydrogen-bond acceptors (Lipinski definition) is 4. The second-order valence-corrected chi connectivity index (χ2v) is 11.2. The minimum atomic E-state index is -0.121. The van der Waals surface area contributed by atoms with Gasteiger partial charge in [-0.1, -0.05) is 65.3 Å². The van der Waals surface area contributed by atoms with Crippen LogP contribution in [0.15, 0.2) is 35.4 Å². The number of nitrogens with zero attached hydrogens (tertiary/aromatic N) is 1. The quantitative estimate of drug-likeness (QED) is 0.207. The van der Waals surface area contributed by atoms with Crippen molar-refractivity contribution >= 4 is 34.6 Å². The Balaban J connectivity index is 1.96. The molecule has 0 aliphatic carbocycles. The Labute approximate surface area is 202 Å². The van der Waals surface area contributed by atoms with Crippen LogP contribution in [0.1, 0.15) is 90.2 Å². The first-order chi connectivity index (χ1) is 15.0. The van der Waals surface area contributed by atoms with Crippen molar-refractivity contribution in [1.82, 2.24) is 5.43 Å². The SMILES string of the molecule is CCC(C)(C)c1ccc(OCCCC(=O)N/N=C(/C)c2ccc(Cl)s2)c(C(C)(C)CC)c1. The second kappa shape index (κ2) is 11.3. The van der Waals surface area contributed by atoms with Crippen LogP contribution in [-0.4, -0.2) is 18.2 Å². The molecule has 0 aliphatic heterocycles. The van der Waals surface area contributed by atoms with Gasteiger partial charge in [-0.3, -0.25) is 4.79 Å². The van der Waals surface area contributed by atoms with E-state index in [1.807, 2.05) is 19.1 Å². The summed E-state index contributed by atoms with van der Waals surface area (Å²) in [6.07, 6.45) is 3.08. The summed E-state index contributed by atoms with van der Waals surface area (Å²) in [5.74, 6) is 0.793. The predicted octanol–water partition coefficient (Wildman–Crippen LogP) is 7.48. The zero-order chi connectivity index (χ0) is 23.9. The Morgan fingerprint density at radius 3 is 2.38 bits per heavy atom. The highest BCUT2D eigenvalue weighted by Gasteiger charge is 2.26. The minimum Gasteiger partial charge on any atom is -0.493 e. The van der Waals surface area contributed by atoms with Crippen molar-refractivity contribution in [3.8, 4) is 5.75 Å². The molecular weight excluding hydrogens is 440 g/mol. The predicted molar refractivity (Wildman–Crippen MR) is 137 cm³/mol. The molecule has 1 aromatic carbocycles. The fraction of sp³-hybridized carbons (Fsp3) is 0.538. The zero-order valence-corrected chi connectivity index (χ0v) is 22.0. The lowest BCUT2D eigenvalue weighted by Crippen LogP contribution is -2.22. The molecule has 0 saturated heterocycles. The lowest BCUT2D eigenvalue weighted by Gasteiger charge is -2.30. The van der Waals surface area contributed by atoms with E-state index in [1.165, 1.54) is 22.5 Å². The molecule has 0 unspecified atom stereocenters. The molecule has 0 aliphatic rings. The number of carbonyl (C=O) groups excluding carboxylic acids is 1. The maximum Gasteiger partial charge on any atom is 0.240 e. The number of benzene rings is 1. The second-order valence-electron chi connectivity index (χ2n) is 9.47. The van der Waals surface area contributed by atoms with Gasteiger partial charge in [0.2, 0.25) is 5.91 Å². The first-order valence-electron chi connectivity index (χ1n) is 11.4. The number of nitrogens with one attached hydrogen (secondary N) is 1. The largest absolute Gasteiger partial charge is 0.493 e. The zero-order valence-electron chi connectivity index (χ0n) is 20.5. The fourth-order valence-corrected chi connectivity index (χ4v) is 4.17. The number of rotatable bonds is 11. The molecule has 0 atom stereocenters. The molecule has 1 aromatic heterocycles. The first kappa shape index (κ1) is 26.4. The molecule has 4 nitrogen and oxygen atoms in total. The van der Waals surface area contributed by atoms with E-state index in [1.54, 1.807) is 0 Å². The highest BCUT2D eigenvalue weighted by atomic mass is 35.5. The maximum atomic E-state index is 12.2. The Hall–Kier alpha value is -1.85. The molecule has 2 aromatic rings. The van der Waals surface area contributed by atoms with Crippen molar-refractivity contribution in [2.45, 2.75) is 85.0 Å². The van der Waals surface area contributed by atoms with Gasteiger partial charge in [0.05, 0.1) is 21.5 Å². The molecule has 0 bridgehead atoms. The molecule has 0 spiro atoms. The van der Waals surface area contributed by atoms with Crippen molar-refractivity contribution in [3.05, 3.63) is 50.7 Å². The summed E-state index contributed by atoms with van der Waals surface area (Å²) in [4.78, 5) is 13.1. The summed E-state index contributed by atoms with van der Waals surface area (Å²) in [5, 5.41) is 4.17. The summed E-state index contributed by atoms with van der Waals surface area (Å²) in [6.45, 7) is 15.8. The van der Waals surface area contributed by atoms with Crippen molar-refractivity contribution in [1.29, 1.82) is 0 Å². The van der Waals surface area contributed by atoms with Crippen molar-refractivity contribution in [2.75, 3.05) is 6.61 Å². The van der Waals surface area contributed by atoms with Gasteiger partial charge in [-0.25, -0.2) is 5.43 Å². The van der Waals surface area contributed by atoms with E-state index in [9.17, 15) is 4.79 Å². The third-order valence-electron chi connectivity index (χ3n) is 6.34. The van der Waals surface area contributed by atoms with Crippen LogP contribution in [-0.2, 0) is 15.6 Å².